The number of hydrogen-bond acceptors (Lipinski definition) is 7. The molecule has 292 valence electrons. The van der Waals surface area contributed by atoms with Crippen molar-refractivity contribution in [3.8, 4) is 0 Å². The highest BCUT2D eigenvalue weighted by molar-refractivity contribution is 5.82. The maximum atomic E-state index is 14.0. The zero-order valence-corrected chi connectivity index (χ0v) is 34.0. The number of hydrogen-bond donors (Lipinski definition) is 3. The monoisotopic (exact) mass is 724 g/mol. The van der Waals surface area contributed by atoms with Crippen LogP contribution in [0.15, 0.2) is 30.3 Å². The number of alkyl carbamates (subject to hydrolysis) is 1. The molecular weight excluding hydrogens is 654 g/mol. The molecule has 0 bridgehead atoms. The molecule has 52 heavy (non-hydrogen) atoms. The Morgan fingerprint density at radius 1 is 0.885 bits per heavy atom. The molecule has 1 heterocycles. The van der Waals surface area contributed by atoms with Gasteiger partial charge in [-0.1, -0.05) is 65.0 Å². The normalized spacial score (nSPS) is 42.0. The van der Waals surface area contributed by atoms with E-state index in [0.29, 0.717) is 18.3 Å². The molecule has 5 aliphatic rings. The first-order valence-corrected chi connectivity index (χ1v) is 20.3. The van der Waals surface area contributed by atoms with Crippen molar-refractivity contribution in [2.24, 2.45) is 45.3 Å². The quantitative estimate of drug-likeness (QED) is 0.242. The van der Waals surface area contributed by atoms with Gasteiger partial charge < -0.3 is 29.7 Å². The minimum atomic E-state index is -0.883. The van der Waals surface area contributed by atoms with Gasteiger partial charge in [-0.05, 0) is 145 Å². The Hall–Kier alpha value is -2.16. The third kappa shape index (κ3) is 6.73. The van der Waals surface area contributed by atoms with Gasteiger partial charge in [0.1, 0.15) is 17.7 Å². The van der Waals surface area contributed by atoms with E-state index in [9.17, 15) is 19.8 Å². The van der Waals surface area contributed by atoms with Gasteiger partial charge >= 0.3 is 12.1 Å². The van der Waals surface area contributed by atoms with Gasteiger partial charge in [0.2, 0.25) is 0 Å². The third-order valence-electron chi connectivity index (χ3n) is 15.7. The molecule has 5 fully saturated rings. The summed E-state index contributed by atoms with van der Waals surface area (Å²) in [5.41, 5.74) is -1.29. The van der Waals surface area contributed by atoms with E-state index in [0.717, 1.165) is 63.4 Å². The maximum absolute atomic E-state index is 14.0. The van der Waals surface area contributed by atoms with Crippen molar-refractivity contribution in [1.82, 2.24) is 5.32 Å². The van der Waals surface area contributed by atoms with Crippen molar-refractivity contribution in [3.63, 3.8) is 0 Å². The Balaban J connectivity index is 1.21. The summed E-state index contributed by atoms with van der Waals surface area (Å²) in [6.45, 7) is 23.4. The number of nitrogens with one attached hydrogen (secondary N) is 1. The first-order valence-electron chi connectivity index (χ1n) is 20.3. The Bertz CT molecular complexity index is 1480. The second kappa shape index (κ2) is 13.3. The molecule has 0 spiro atoms. The molecule has 8 nitrogen and oxygen atoms in total. The minimum Gasteiger partial charge on any atom is -0.460 e. The number of fused-ring (bicyclic) bond motifs is 5. The number of rotatable bonds is 7. The van der Waals surface area contributed by atoms with Gasteiger partial charge in [0.05, 0.1) is 23.4 Å². The Kier molecular flexibility index (Phi) is 10.1. The molecule has 0 unspecified atom stereocenters. The number of benzene rings is 1. The average molecular weight is 724 g/mol. The molecule has 1 aliphatic heterocycles. The SMILES string of the molecule is CC(C)(C)OC(=O)N[C@@H](Cc1ccccc1)C(=O)O[C@H]1CC[C@]2(C)[C@H]3C[C@@H](O)[C@@H]4[C@@H]([C@]5(C)CC[C@H](C(C)(C)O)O5)CC[C@@]4(C)[C@]3(C)CC[C@H]2C1(C)C. The summed E-state index contributed by atoms with van der Waals surface area (Å²) >= 11 is 0. The van der Waals surface area contributed by atoms with Crippen LogP contribution in [0.5, 0.6) is 0 Å². The number of amides is 1. The number of aliphatic hydroxyl groups is 2. The zero-order chi connectivity index (χ0) is 38.3. The molecule has 1 amide bonds. The molecule has 3 N–H and O–H groups in total. The Morgan fingerprint density at radius 2 is 1.54 bits per heavy atom. The van der Waals surface area contributed by atoms with Crippen LogP contribution in [0.1, 0.15) is 140 Å². The summed E-state index contributed by atoms with van der Waals surface area (Å²) in [5, 5.41) is 25.9. The molecule has 1 saturated heterocycles. The molecule has 1 aromatic rings. The van der Waals surface area contributed by atoms with Crippen LogP contribution >= 0.6 is 0 Å². The summed E-state index contributed by atoms with van der Waals surface area (Å²) < 4.78 is 18.7. The summed E-state index contributed by atoms with van der Waals surface area (Å²) in [6, 6.07) is 8.83. The van der Waals surface area contributed by atoms with Gasteiger partial charge in [0.25, 0.3) is 0 Å². The first kappa shape index (κ1) is 39.5. The van der Waals surface area contributed by atoms with E-state index in [1.54, 1.807) is 0 Å². The molecule has 0 radical (unpaired) electrons. The number of esters is 1. The second-order valence-electron chi connectivity index (χ2n) is 20.7. The van der Waals surface area contributed by atoms with Crippen molar-refractivity contribution in [3.05, 3.63) is 35.9 Å². The van der Waals surface area contributed by atoms with E-state index in [1.165, 1.54) is 0 Å². The highest BCUT2D eigenvalue weighted by Gasteiger charge is 2.72. The largest absolute Gasteiger partial charge is 0.460 e. The van der Waals surface area contributed by atoms with Crippen LogP contribution in [0.2, 0.25) is 0 Å². The zero-order valence-electron chi connectivity index (χ0n) is 34.0. The van der Waals surface area contributed by atoms with Crippen LogP contribution in [0, 0.1) is 45.3 Å². The Labute approximate surface area is 313 Å². The molecular formula is C44H69NO7. The molecule has 4 saturated carbocycles. The number of carbonyl (C=O) groups excluding carboxylic acids is 2. The summed E-state index contributed by atoms with van der Waals surface area (Å²) in [5.74, 6) is 0.637. The maximum Gasteiger partial charge on any atom is 0.408 e. The van der Waals surface area contributed by atoms with Crippen LogP contribution in [0.4, 0.5) is 4.79 Å². The predicted octanol–water partition coefficient (Wildman–Crippen LogP) is 8.40. The van der Waals surface area contributed by atoms with Gasteiger partial charge in [-0.3, -0.25) is 0 Å². The van der Waals surface area contributed by atoms with Crippen molar-refractivity contribution in [2.45, 2.75) is 182 Å². The Morgan fingerprint density at radius 3 is 2.15 bits per heavy atom. The van der Waals surface area contributed by atoms with E-state index >= 15 is 0 Å². The smallest absolute Gasteiger partial charge is 0.408 e. The lowest BCUT2D eigenvalue weighted by molar-refractivity contribution is -0.251. The van der Waals surface area contributed by atoms with Gasteiger partial charge in [-0.15, -0.1) is 0 Å². The fraction of sp³-hybridized carbons (Fsp3) is 0.818. The lowest BCUT2D eigenvalue weighted by Crippen LogP contribution is -2.67. The molecule has 8 heteroatoms. The fourth-order valence-electron chi connectivity index (χ4n) is 13.0. The molecule has 0 aromatic heterocycles. The van der Waals surface area contributed by atoms with Crippen molar-refractivity contribution in [2.75, 3.05) is 0 Å². The van der Waals surface area contributed by atoms with E-state index < -0.39 is 35.4 Å². The fourth-order valence-corrected chi connectivity index (χ4v) is 13.0. The molecule has 6 rings (SSSR count). The summed E-state index contributed by atoms with van der Waals surface area (Å²) in [6.07, 6.45) is 7.25. The van der Waals surface area contributed by atoms with Crippen LogP contribution < -0.4 is 5.32 Å². The third-order valence-corrected chi connectivity index (χ3v) is 15.7. The highest BCUT2D eigenvalue weighted by Crippen LogP contribution is 2.76. The van der Waals surface area contributed by atoms with E-state index in [2.05, 4.69) is 46.9 Å². The lowest BCUT2D eigenvalue weighted by Gasteiger charge is -2.70. The minimum absolute atomic E-state index is 0.0234. The van der Waals surface area contributed by atoms with E-state index in [-0.39, 0.29) is 51.3 Å². The highest BCUT2D eigenvalue weighted by atomic mass is 16.6. The molecule has 12 atom stereocenters. The van der Waals surface area contributed by atoms with Gasteiger partial charge in [-0.2, -0.15) is 0 Å². The van der Waals surface area contributed by atoms with Crippen molar-refractivity contribution < 1.29 is 34.0 Å². The average Bonchev–Trinajstić information content (AvgIpc) is 3.62. The lowest BCUT2D eigenvalue weighted by atomic mass is 9.35. The molecule has 4 aliphatic carbocycles. The number of carbonyl (C=O) groups is 2. The van der Waals surface area contributed by atoms with Gasteiger partial charge in [0.15, 0.2) is 0 Å². The topological polar surface area (TPSA) is 114 Å². The predicted molar refractivity (Wildman–Crippen MR) is 202 cm³/mol. The number of ether oxygens (including phenoxy) is 3. The summed E-state index contributed by atoms with van der Waals surface area (Å²) in [7, 11) is 0. The van der Waals surface area contributed by atoms with Crippen LogP contribution in [-0.4, -0.2) is 63.4 Å². The molecule has 1 aromatic carbocycles. The standard InChI is InChI=1S/C44H69NO7/c1-38(2,3)52-37(48)45-29(25-27-15-13-12-14-16-27)36(47)50-33-19-21-41(8)31(39(33,4)5)18-23-42(9)32(41)26-30(46)35-28(17-22-43(35,42)10)44(11)24-20-34(51-44)40(6,7)49/h12-16,28-35,46,49H,17-26H2,1-11H3,(H,45,48)/t28-,29-,30+,31-,32+,33-,34+,35-,41-,42+,43+,44-/m0/s1. The van der Waals surface area contributed by atoms with E-state index in [4.69, 9.17) is 14.2 Å². The number of aliphatic hydroxyl groups excluding tert-OH is 1. The van der Waals surface area contributed by atoms with Gasteiger partial charge in [0, 0.05) is 11.8 Å². The first-order chi connectivity index (χ1) is 23.9. The van der Waals surface area contributed by atoms with Crippen LogP contribution in [0.3, 0.4) is 0 Å². The van der Waals surface area contributed by atoms with Gasteiger partial charge in [-0.25, -0.2) is 9.59 Å². The van der Waals surface area contributed by atoms with Crippen molar-refractivity contribution in [1.29, 1.82) is 0 Å². The second-order valence-corrected chi connectivity index (χ2v) is 20.7. The van der Waals surface area contributed by atoms with Crippen molar-refractivity contribution >= 4 is 12.1 Å². The summed E-state index contributed by atoms with van der Waals surface area (Å²) in [4.78, 5) is 26.9. The van der Waals surface area contributed by atoms with E-state index in [1.807, 2.05) is 65.0 Å². The van der Waals surface area contributed by atoms with Crippen LogP contribution in [0.25, 0.3) is 0 Å². The van der Waals surface area contributed by atoms with Crippen LogP contribution in [-0.2, 0) is 25.4 Å².